The Balaban J connectivity index is 2.46. The van der Waals surface area contributed by atoms with Crippen molar-refractivity contribution < 1.29 is 4.79 Å². The van der Waals surface area contributed by atoms with Crippen LogP contribution in [0.3, 0.4) is 0 Å². The smallest absolute Gasteiger partial charge is 0.240 e. The van der Waals surface area contributed by atoms with Crippen molar-refractivity contribution in [2.75, 3.05) is 6.54 Å². The normalized spacial score (nSPS) is 17.6. The lowest BCUT2D eigenvalue weighted by Crippen LogP contribution is -2.41. The Hall–Kier alpha value is -1.04. The lowest BCUT2D eigenvalue weighted by Gasteiger charge is -2.23. The Bertz CT molecular complexity index is 285. The maximum atomic E-state index is 12.0. The molecule has 0 aromatic rings. The Morgan fingerprint density at radius 2 is 2.06 bits per heavy atom. The van der Waals surface area contributed by atoms with E-state index < -0.39 is 5.41 Å². The summed E-state index contributed by atoms with van der Waals surface area (Å²) in [6, 6.07) is 2.17. The monoisotopic (exact) mass is 222 g/mol. The van der Waals surface area contributed by atoms with Crippen LogP contribution in [0, 0.1) is 28.6 Å². The molecule has 0 aromatic heterocycles. The molecular formula is C13H22N2O. The zero-order chi connectivity index (χ0) is 12.2. The van der Waals surface area contributed by atoms with Crippen molar-refractivity contribution in [2.45, 2.75) is 46.5 Å². The van der Waals surface area contributed by atoms with Crippen LogP contribution in [0.1, 0.15) is 46.5 Å². The first-order chi connectivity index (χ1) is 7.59. The lowest BCUT2D eigenvalue weighted by atomic mass is 9.83. The molecule has 0 aliphatic heterocycles. The van der Waals surface area contributed by atoms with E-state index >= 15 is 0 Å². The molecule has 3 nitrogen and oxygen atoms in total. The van der Waals surface area contributed by atoms with Gasteiger partial charge in [-0.15, -0.1) is 0 Å². The molecule has 1 N–H and O–H groups in total. The highest BCUT2D eigenvalue weighted by atomic mass is 16.2. The van der Waals surface area contributed by atoms with Gasteiger partial charge in [-0.3, -0.25) is 4.79 Å². The van der Waals surface area contributed by atoms with Crippen LogP contribution in [0.4, 0.5) is 0 Å². The van der Waals surface area contributed by atoms with Crippen molar-refractivity contribution in [3.8, 4) is 6.07 Å². The van der Waals surface area contributed by atoms with Crippen LogP contribution in [0.25, 0.3) is 0 Å². The van der Waals surface area contributed by atoms with Crippen molar-refractivity contribution in [1.82, 2.24) is 5.32 Å². The molecule has 1 amide bonds. The molecule has 1 aliphatic rings. The number of carbonyl (C=O) groups is 1. The number of hydrogen-bond acceptors (Lipinski definition) is 2. The topological polar surface area (TPSA) is 52.9 Å². The third-order valence-electron chi connectivity index (χ3n) is 3.87. The predicted octanol–water partition coefficient (Wildman–Crippen LogP) is 2.48. The number of nitrogens with one attached hydrogen (secondary N) is 1. The van der Waals surface area contributed by atoms with Gasteiger partial charge in [-0.25, -0.2) is 0 Å². The minimum Gasteiger partial charge on any atom is -0.354 e. The van der Waals surface area contributed by atoms with E-state index in [2.05, 4.69) is 18.3 Å². The van der Waals surface area contributed by atoms with E-state index in [0.29, 0.717) is 25.3 Å². The summed E-state index contributed by atoms with van der Waals surface area (Å²) < 4.78 is 0. The summed E-state index contributed by atoms with van der Waals surface area (Å²) in [6.07, 6.45) is 3.76. The molecule has 1 rings (SSSR count). The highest BCUT2D eigenvalue weighted by molar-refractivity contribution is 5.85. The minimum absolute atomic E-state index is 0.0903. The Morgan fingerprint density at radius 1 is 1.50 bits per heavy atom. The Kier molecular flexibility index (Phi) is 4.35. The summed E-state index contributed by atoms with van der Waals surface area (Å²) in [4.78, 5) is 12.0. The van der Waals surface area contributed by atoms with Crippen molar-refractivity contribution in [2.24, 2.45) is 17.3 Å². The molecule has 1 atom stereocenters. The largest absolute Gasteiger partial charge is 0.354 e. The van der Waals surface area contributed by atoms with Gasteiger partial charge in [0.25, 0.3) is 0 Å². The highest BCUT2D eigenvalue weighted by Crippen LogP contribution is 2.36. The molecule has 0 heterocycles. The standard InChI is InChI=1S/C13H22N2O/c1-4-13(5-2,9-14)12(16)15-8-10(3)11-6-7-11/h10-11H,4-8H2,1-3H3,(H,15,16). The molecule has 1 unspecified atom stereocenters. The number of nitriles is 1. The number of amides is 1. The van der Waals surface area contributed by atoms with Gasteiger partial charge in [0.15, 0.2) is 0 Å². The molecule has 0 bridgehead atoms. The number of carbonyl (C=O) groups excluding carboxylic acids is 1. The summed E-state index contributed by atoms with van der Waals surface area (Å²) in [5.74, 6) is 1.25. The summed E-state index contributed by atoms with van der Waals surface area (Å²) in [6.45, 7) is 6.68. The maximum Gasteiger partial charge on any atom is 0.240 e. The van der Waals surface area contributed by atoms with Crippen molar-refractivity contribution in [3.05, 3.63) is 0 Å². The molecule has 1 saturated carbocycles. The lowest BCUT2D eigenvalue weighted by molar-refractivity contribution is -0.128. The van der Waals surface area contributed by atoms with E-state index in [1.807, 2.05) is 13.8 Å². The number of hydrogen-bond donors (Lipinski definition) is 1. The van der Waals surface area contributed by atoms with Crippen molar-refractivity contribution in [1.29, 1.82) is 5.26 Å². The van der Waals surface area contributed by atoms with Crippen LogP contribution in [-0.4, -0.2) is 12.5 Å². The first-order valence-corrected chi connectivity index (χ1v) is 6.29. The van der Waals surface area contributed by atoms with Crippen molar-refractivity contribution >= 4 is 5.91 Å². The third-order valence-corrected chi connectivity index (χ3v) is 3.87. The number of nitrogens with zero attached hydrogens (tertiary/aromatic N) is 1. The minimum atomic E-state index is -0.816. The van der Waals surface area contributed by atoms with Gasteiger partial charge in [-0.1, -0.05) is 20.8 Å². The van der Waals surface area contributed by atoms with Crippen LogP contribution >= 0.6 is 0 Å². The van der Waals surface area contributed by atoms with Gasteiger partial charge in [-0.05, 0) is 37.5 Å². The molecule has 0 aromatic carbocycles. The fourth-order valence-corrected chi connectivity index (χ4v) is 2.03. The van der Waals surface area contributed by atoms with E-state index in [1.54, 1.807) is 0 Å². The Labute approximate surface area is 98.2 Å². The molecule has 0 saturated heterocycles. The van der Waals surface area contributed by atoms with Crippen LogP contribution < -0.4 is 5.32 Å². The maximum absolute atomic E-state index is 12.0. The van der Waals surface area contributed by atoms with E-state index in [4.69, 9.17) is 5.26 Å². The number of rotatable bonds is 6. The second-order valence-electron chi connectivity index (χ2n) is 4.93. The SMILES string of the molecule is CCC(C#N)(CC)C(=O)NCC(C)C1CC1. The third kappa shape index (κ3) is 2.75. The summed E-state index contributed by atoms with van der Waals surface area (Å²) in [7, 11) is 0. The van der Waals surface area contributed by atoms with E-state index in [9.17, 15) is 4.79 Å². The van der Waals surface area contributed by atoms with Crippen LogP contribution in [0.5, 0.6) is 0 Å². The van der Waals surface area contributed by atoms with E-state index in [1.165, 1.54) is 12.8 Å². The fraction of sp³-hybridized carbons (Fsp3) is 0.846. The molecule has 1 fully saturated rings. The zero-order valence-electron chi connectivity index (χ0n) is 10.5. The molecule has 3 heteroatoms. The van der Waals surface area contributed by atoms with E-state index in [0.717, 1.165) is 5.92 Å². The van der Waals surface area contributed by atoms with Crippen LogP contribution in [0.15, 0.2) is 0 Å². The van der Waals surface area contributed by atoms with Gasteiger partial charge >= 0.3 is 0 Å². The van der Waals surface area contributed by atoms with Crippen LogP contribution in [0.2, 0.25) is 0 Å². The summed E-state index contributed by atoms with van der Waals surface area (Å²) in [5.41, 5.74) is -0.816. The molecule has 16 heavy (non-hydrogen) atoms. The van der Waals surface area contributed by atoms with Gasteiger partial charge in [0.1, 0.15) is 5.41 Å². The summed E-state index contributed by atoms with van der Waals surface area (Å²) in [5, 5.41) is 12.1. The first kappa shape index (κ1) is 13.0. The quantitative estimate of drug-likeness (QED) is 0.750. The van der Waals surface area contributed by atoms with E-state index in [-0.39, 0.29) is 5.91 Å². The second-order valence-corrected chi connectivity index (χ2v) is 4.93. The second kappa shape index (κ2) is 5.34. The van der Waals surface area contributed by atoms with Crippen LogP contribution in [-0.2, 0) is 4.79 Å². The molecule has 1 aliphatic carbocycles. The summed E-state index contributed by atoms with van der Waals surface area (Å²) >= 11 is 0. The highest BCUT2D eigenvalue weighted by Gasteiger charge is 2.35. The molecule has 0 spiro atoms. The average molecular weight is 222 g/mol. The average Bonchev–Trinajstić information content (AvgIpc) is 3.13. The molecule has 90 valence electrons. The first-order valence-electron chi connectivity index (χ1n) is 6.29. The van der Waals surface area contributed by atoms with Gasteiger partial charge in [0.2, 0.25) is 5.91 Å². The Morgan fingerprint density at radius 3 is 2.44 bits per heavy atom. The zero-order valence-corrected chi connectivity index (χ0v) is 10.5. The van der Waals surface area contributed by atoms with Crippen molar-refractivity contribution in [3.63, 3.8) is 0 Å². The molecular weight excluding hydrogens is 200 g/mol. The predicted molar refractivity (Wildman–Crippen MR) is 63.5 cm³/mol. The molecule has 0 radical (unpaired) electrons. The fourth-order valence-electron chi connectivity index (χ4n) is 2.03. The van der Waals surface area contributed by atoms with Gasteiger partial charge in [0, 0.05) is 6.54 Å². The van der Waals surface area contributed by atoms with Gasteiger partial charge < -0.3 is 5.32 Å². The van der Waals surface area contributed by atoms with Gasteiger partial charge in [0.05, 0.1) is 6.07 Å². The van der Waals surface area contributed by atoms with Gasteiger partial charge in [-0.2, -0.15) is 5.26 Å².